The van der Waals surface area contributed by atoms with Crippen molar-refractivity contribution < 1.29 is 8.42 Å². The summed E-state index contributed by atoms with van der Waals surface area (Å²) in [5.41, 5.74) is 6.79. The van der Waals surface area contributed by atoms with E-state index in [9.17, 15) is 8.42 Å². The van der Waals surface area contributed by atoms with Gasteiger partial charge in [-0.25, -0.2) is 18.4 Å². The molecule has 0 atom stereocenters. The molecule has 1 aromatic rings. The largest absolute Gasteiger partial charge is 0.383 e. The summed E-state index contributed by atoms with van der Waals surface area (Å²) in [7, 11) is -2.92. The van der Waals surface area contributed by atoms with Gasteiger partial charge in [0.2, 0.25) is 0 Å². The van der Waals surface area contributed by atoms with Crippen LogP contribution in [0.2, 0.25) is 0 Å². The first kappa shape index (κ1) is 15.0. The maximum atomic E-state index is 11.7. The van der Waals surface area contributed by atoms with Gasteiger partial charge in [0, 0.05) is 25.1 Å². The molecule has 20 heavy (non-hydrogen) atoms. The Bertz CT molecular complexity index is 586. The number of nitrogen functional groups attached to an aromatic ring is 1. The van der Waals surface area contributed by atoms with Gasteiger partial charge in [-0.2, -0.15) is 0 Å². The lowest BCUT2D eigenvalue weighted by Crippen LogP contribution is -2.29. The van der Waals surface area contributed by atoms with Crippen molar-refractivity contribution in [3.05, 3.63) is 11.4 Å². The first-order valence-electron chi connectivity index (χ1n) is 7.01. The molecule has 0 aliphatic carbocycles. The summed E-state index contributed by atoms with van der Waals surface area (Å²) in [6.07, 6.45) is 2.37. The van der Waals surface area contributed by atoms with Crippen LogP contribution in [0.25, 0.3) is 0 Å². The molecule has 1 saturated heterocycles. The minimum atomic E-state index is -2.92. The Labute approximate surface area is 120 Å². The van der Waals surface area contributed by atoms with E-state index in [0.29, 0.717) is 25.3 Å². The lowest BCUT2D eigenvalue weighted by Gasteiger charge is -2.23. The first-order valence-corrected chi connectivity index (χ1v) is 8.83. The van der Waals surface area contributed by atoms with Crippen molar-refractivity contribution in [2.24, 2.45) is 0 Å². The number of nitrogens with two attached hydrogens (primary N) is 1. The number of nitrogens with zero attached hydrogens (tertiary/aromatic N) is 3. The van der Waals surface area contributed by atoms with Gasteiger partial charge in [-0.3, -0.25) is 0 Å². The molecule has 2 rings (SSSR count). The molecule has 112 valence electrons. The lowest BCUT2D eigenvalue weighted by atomic mass is 10.2. The molecule has 0 saturated carbocycles. The van der Waals surface area contributed by atoms with Crippen LogP contribution in [-0.2, 0) is 16.3 Å². The van der Waals surface area contributed by atoms with E-state index in [2.05, 4.69) is 16.9 Å². The number of hydrogen-bond acceptors (Lipinski definition) is 6. The van der Waals surface area contributed by atoms with E-state index in [0.717, 1.165) is 30.0 Å². The maximum Gasteiger partial charge on any atom is 0.152 e. The van der Waals surface area contributed by atoms with Gasteiger partial charge < -0.3 is 10.6 Å². The maximum absolute atomic E-state index is 11.7. The second-order valence-electron chi connectivity index (χ2n) is 5.22. The highest BCUT2D eigenvalue weighted by Crippen LogP contribution is 2.23. The van der Waals surface area contributed by atoms with E-state index in [1.807, 2.05) is 11.8 Å². The zero-order valence-electron chi connectivity index (χ0n) is 12.1. The van der Waals surface area contributed by atoms with E-state index >= 15 is 0 Å². The molecule has 1 aliphatic heterocycles. The molecule has 7 heteroatoms. The zero-order chi connectivity index (χ0) is 14.8. The van der Waals surface area contributed by atoms with Gasteiger partial charge >= 0.3 is 0 Å². The van der Waals surface area contributed by atoms with Crippen molar-refractivity contribution in [1.82, 2.24) is 9.97 Å². The van der Waals surface area contributed by atoms with E-state index in [1.54, 1.807) is 0 Å². The molecule has 0 unspecified atom stereocenters. The Morgan fingerprint density at radius 2 is 2.00 bits per heavy atom. The van der Waals surface area contributed by atoms with Crippen LogP contribution in [0, 0.1) is 6.92 Å². The van der Waals surface area contributed by atoms with Gasteiger partial charge in [0.1, 0.15) is 17.5 Å². The predicted octanol–water partition coefficient (Wildman–Crippen LogP) is 0.945. The normalized spacial score (nSPS) is 18.8. The van der Waals surface area contributed by atoms with Gasteiger partial charge in [-0.15, -0.1) is 0 Å². The highest BCUT2D eigenvalue weighted by molar-refractivity contribution is 7.91. The van der Waals surface area contributed by atoms with Gasteiger partial charge in [0.05, 0.1) is 11.5 Å². The summed E-state index contributed by atoms with van der Waals surface area (Å²) in [6, 6.07) is 0. The van der Waals surface area contributed by atoms with Crippen molar-refractivity contribution in [3.8, 4) is 0 Å². The molecule has 0 spiro atoms. The topological polar surface area (TPSA) is 89.2 Å². The molecule has 0 bridgehead atoms. The SMILES string of the molecule is CCCc1nc(N)c(C)c(N2CCCS(=O)(=O)CC2)n1. The van der Waals surface area contributed by atoms with Gasteiger partial charge in [-0.1, -0.05) is 6.92 Å². The Hall–Kier alpha value is -1.37. The van der Waals surface area contributed by atoms with Crippen LogP contribution < -0.4 is 10.6 Å². The second kappa shape index (κ2) is 5.95. The quantitative estimate of drug-likeness (QED) is 0.893. The minimum absolute atomic E-state index is 0.180. The van der Waals surface area contributed by atoms with Crippen LogP contribution in [-0.4, -0.2) is 43.0 Å². The molecule has 0 radical (unpaired) electrons. The van der Waals surface area contributed by atoms with Crippen LogP contribution in [0.3, 0.4) is 0 Å². The third kappa shape index (κ3) is 3.39. The fraction of sp³-hybridized carbons (Fsp3) is 0.692. The van der Waals surface area contributed by atoms with Crippen LogP contribution >= 0.6 is 0 Å². The Morgan fingerprint density at radius 3 is 2.70 bits per heavy atom. The van der Waals surface area contributed by atoms with E-state index < -0.39 is 9.84 Å². The summed E-state index contributed by atoms with van der Waals surface area (Å²) >= 11 is 0. The zero-order valence-corrected chi connectivity index (χ0v) is 12.9. The molecule has 1 fully saturated rings. The van der Waals surface area contributed by atoms with Crippen molar-refractivity contribution in [3.63, 3.8) is 0 Å². The molecule has 0 amide bonds. The molecular formula is C13H22N4O2S. The summed E-state index contributed by atoms with van der Waals surface area (Å²) in [6.45, 7) is 5.13. The third-order valence-corrected chi connectivity index (χ3v) is 5.25. The monoisotopic (exact) mass is 298 g/mol. The number of rotatable bonds is 3. The fourth-order valence-corrected chi connectivity index (χ4v) is 3.63. The van der Waals surface area contributed by atoms with E-state index in [1.165, 1.54) is 0 Å². The van der Waals surface area contributed by atoms with Gasteiger partial charge in [0.15, 0.2) is 9.84 Å². The van der Waals surface area contributed by atoms with Crippen LogP contribution in [0.4, 0.5) is 11.6 Å². The molecule has 2 heterocycles. The average Bonchev–Trinajstić information content (AvgIpc) is 2.55. The smallest absolute Gasteiger partial charge is 0.152 e. The summed E-state index contributed by atoms with van der Waals surface area (Å²) in [5, 5.41) is 0. The third-order valence-electron chi connectivity index (χ3n) is 3.53. The number of sulfone groups is 1. The Morgan fingerprint density at radius 1 is 1.25 bits per heavy atom. The number of hydrogen-bond donors (Lipinski definition) is 1. The Kier molecular flexibility index (Phi) is 4.47. The van der Waals surface area contributed by atoms with E-state index in [-0.39, 0.29) is 11.5 Å². The van der Waals surface area contributed by atoms with Crippen LogP contribution in [0.1, 0.15) is 31.2 Å². The number of anilines is 2. The van der Waals surface area contributed by atoms with Crippen molar-refractivity contribution in [1.29, 1.82) is 0 Å². The van der Waals surface area contributed by atoms with Crippen molar-refractivity contribution in [2.45, 2.75) is 33.1 Å². The Balaban J connectivity index is 2.31. The summed E-state index contributed by atoms with van der Waals surface area (Å²) < 4.78 is 23.4. The summed E-state index contributed by atoms with van der Waals surface area (Å²) in [5.74, 6) is 2.45. The minimum Gasteiger partial charge on any atom is -0.383 e. The molecule has 1 aliphatic rings. The molecule has 2 N–H and O–H groups in total. The predicted molar refractivity (Wildman–Crippen MR) is 80.7 cm³/mol. The fourth-order valence-electron chi connectivity index (χ4n) is 2.36. The van der Waals surface area contributed by atoms with Gasteiger partial charge in [0.25, 0.3) is 0 Å². The highest BCUT2D eigenvalue weighted by Gasteiger charge is 2.22. The highest BCUT2D eigenvalue weighted by atomic mass is 32.2. The summed E-state index contributed by atoms with van der Waals surface area (Å²) in [4.78, 5) is 10.9. The van der Waals surface area contributed by atoms with E-state index in [4.69, 9.17) is 5.73 Å². The van der Waals surface area contributed by atoms with Crippen LogP contribution in [0.15, 0.2) is 0 Å². The molecule has 0 aromatic carbocycles. The average molecular weight is 298 g/mol. The van der Waals surface area contributed by atoms with Gasteiger partial charge in [-0.05, 0) is 19.8 Å². The lowest BCUT2D eigenvalue weighted by molar-refractivity contribution is 0.597. The number of aromatic nitrogens is 2. The number of aryl methyl sites for hydroxylation is 1. The van der Waals surface area contributed by atoms with Crippen molar-refractivity contribution in [2.75, 3.05) is 35.2 Å². The van der Waals surface area contributed by atoms with Crippen LogP contribution in [0.5, 0.6) is 0 Å². The second-order valence-corrected chi connectivity index (χ2v) is 7.52. The van der Waals surface area contributed by atoms with Crippen molar-refractivity contribution >= 4 is 21.5 Å². The molecular weight excluding hydrogens is 276 g/mol. The first-order chi connectivity index (χ1) is 9.43. The standard InChI is InChI=1S/C13H22N4O2S/c1-3-5-11-15-12(14)10(2)13(16-11)17-6-4-8-20(18,19)9-7-17/h3-9H2,1-2H3,(H2,14,15,16). The molecule has 6 nitrogen and oxygen atoms in total. The molecule has 1 aromatic heterocycles.